The first-order chi connectivity index (χ1) is 9.83. The van der Waals surface area contributed by atoms with Crippen molar-refractivity contribution in [1.82, 2.24) is 5.32 Å². The van der Waals surface area contributed by atoms with Gasteiger partial charge in [0.1, 0.15) is 0 Å². The summed E-state index contributed by atoms with van der Waals surface area (Å²) >= 11 is 11.8. The smallest absolute Gasteiger partial charge is 0.319 e. The van der Waals surface area contributed by atoms with E-state index in [0.29, 0.717) is 28.6 Å². The highest BCUT2D eigenvalue weighted by Crippen LogP contribution is 2.38. The summed E-state index contributed by atoms with van der Waals surface area (Å²) in [5.74, 6) is -0.897. The summed E-state index contributed by atoms with van der Waals surface area (Å²) in [5.41, 5.74) is -0.549. The van der Waals surface area contributed by atoms with Crippen LogP contribution in [0.2, 0.25) is 10.0 Å². The highest BCUT2D eigenvalue weighted by atomic mass is 35.5. The summed E-state index contributed by atoms with van der Waals surface area (Å²) in [6, 6.07) is 3.84. The Morgan fingerprint density at radius 3 is 2.76 bits per heavy atom. The van der Waals surface area contributed by atoms with Crippen LogP contribution >= 0.6 is 23.2 Å². The first-order valence-electron chi connectivity index (χ1n) is 6.59. The van der Waals surface area contributed by atoms with Crippen LogP contribution in [0.25, 0.3) is 0 Å². The summed E-state index contributed by atoms with van der Waals surface area (Å²) in [6.07, 6.45) is 1.95. The molecule has 1 aromatic rings. The minimum atomic E-state index is -0.935. The number of nitrogens with one attached hydrogen (secondary N) is 2. The molecule has 0 heterocycles. The largest absolute Gasteiger partial charge is 0.481 e. The van der Waals surface area contributed by atoms with E-state index in [1.54, 1.807) is 19.1 Å². The van der Waals surface area contributed by atoms with E-state index in [4.69, 9.17) is 23.2 Å². The van der Waals surface area contributed by atoms with Crippen molar-refractivity contribution < 1.29 is 14.7 Å². The van der Waals surface area contributed by atoms with E-state index in [2.05, 4.69) is 10.6 Å². The van der Waals surface area contributed by atoms with Gasteiger partial charge in [-0.25, -0.2) is 4.79 Å². The summed E-state index contributed by atoms with van der Waals surface area (Å²) in [5, 5.41) is 15.4. The predicted molar refractivity (Wildman–Crippen MR) is 82.0 cm³/mol. The van der Waals surface area contributed by atoms with Gasteiger partial charge < -0.3 is 15.7 Å². The van der Waals surface area contributed by atoms with Gasteiger partial charge in [-0.2, -0.15) is 0 Å². The van der Waals surface area contributed by atoms with Crippen molar-refractivity contribution in [3.05, 3.63) is 28.2 Å². The molecule has 5 nitrogen and oxygen atoms in total. The number of carbonyl (C=O) groups is 2. The minimum Gasteiger partial charge on any atom is -0.481 e. The molecule has 1 aliphatic carbocycles. The van der Waals surface area contributed by atoms with E-state index in [1.165, 1.54) is 6.07 Å². The molecule has 0 saturated heterocycles. The first kappa shape index (κ1) is 15.9. The first-order valence-corrected chi connectivity index (χ1v) is 7.34. The third-order valence-electron chi connectivity index (χ3n) is 3.93. The molecule has 0 bridgehead atoms. The van der Waals surface area contributed by atoms with Crippen LogP contribution < -0.4 is 10.6 Å². The Labute approximate surface area is 132 Å². The molecule has 0 aliphatic heterocycles. The Balaban J connectivity index is 2.05. The van der Waals surface area contributed by atoms with Gasteiger partial charge in [0.05, 0.1) is 16.1 Å². The Morgan fingerprint density at radius 1 is 1.38 bits per heavy atom. The van der Waals surface area contributed by atoms with E-state index >= 15 is 0 Å². The van der Waals surface area contributed by atoms with E-state index in [0.717, 1.165) is 6.42 Å². The van der Waals surface area contributed by atoms with Crippen molar-refractivity contribution in [3.8, 4) is 0 Å². The fourth-order valence-corrected chi connectivity index (χ4v) is 2.90. The molecule has 1 saturated carbocycles. The second-order valence-electron chi connectivity index (χ2n) is 5.39. The van der Waals surface area contributed by atoms with Gasteiger partial charge in [-0.05, 0) is 38.0 Å². The SMILES string of the molecule is CC1(C(=O)O)CCCC1NC(=O)Nc1cc(Cl)ccc1Cl. The molecule has 2 unspecified atom stereocenters. The van der Waals surface area contributed by atoms with Crippen LogP contribution in [-0.4, -0.2) is 23.1 Å². The molecule has 7 heteroatoms. The lowest BCUT2D eigenvalue weighted by Gasteiger charge is -2.27. The maximum absolute atomic E-state index is 12.0. The van der Waals surface area contributed by atoms with Gasteiger partial charge in [0.2, 0.25) is 0 Å². The van der Waals surface area contributed by atoms with Crippen molar-refractivity contribution in [1.29, 1.82) is 0 Å². The number of halogens is 2. The maximum atomic E-state index is 12.0. The second kappa shape index (κ2) is 6.12. The van der Waals surface area contributed by atoms with Crippen LogP contribution in [0.15, 0.2) is 18.2 Å². The quantitative estimate of drug-likeness (QED) is 0.789. The van der Waals surface area contributed by atoms with Crippen molar-refractivity contribution in [2.24, 2.45) is 5.41 Å². The van der Waals surface area contributed by atoms with E-state index < -0.39 is 23.5 Å². The van der Waals surface area contributed by atoms with Gasteiger partial charge in [-0.15, -0.1) is 0 Å². The molecule has 1 aliphatic rings. The summed E-state index contributed by atoms with van der Waals surface area (Å²) in [6.45, 7) is 1.65. The molecule has 114 valence electrons. The highest BCUT2D eigenvalue weighted by molar-refractivity contribution is 6.35. The highest BCUT2D eigenvalue weighted by Gasteiger charge is 2.45. The van der Waals surface area contributed by atoms with Gasteiger partial charge in [-0.3, -0.25) is 4.79 Å². The number of carbonyl (C=O) groups excluding carboxylic acids is 1. The maximum Gasteiger partial charge on any atom is 0.319 e. The standard InChI is InChI=1S/C14H16Cl2N2O3/c1-14(12(19)20)6-2-3-11(14)18-13(21)17-10-7-8(15)4-5-9(10)16/h4-5,7,11H,2-3,6H2,1H3,(H,19,20)(H2,17,18,21). The number of hydrogen-bond donors (Lipinski definition) is 3. The molecule has 1 fully saturated rings. The average Bonchev–Trinajstić information content (AvgIpc) is 2.77. The molecule has 0 radical (unpaired) electrons. The molecular formula is C14H16Cl2N2O3. The molecule has 1 aromatic carbocycles. The molecule has 2 amide bonds. The Bertz CT molecular complexity index is 579. The zero-order chi connectivity index (χ0) is 15.6. The minimum absolute atomic E-state index is 0.363. The monoisotopic (exact) mass is 330 g/mol. The summed E-state index contributed by atoms with van der Waals surface area (Å²) < 4.78 is 0. The summed E-state index contributed by atoms with van der Waals surface area (Å²) in [4.78, 5) is 23.4. The number of rotatable bonds is 3. The van der Waals surface area contributed by atoms with Gasteiger partial charge in [-0.1, -0.05) is 29.6 Å². The fourth-order valence-electron chi connectivity index (χ4n) is 2.56. The number of benzene rings is 1. The fraction of sp³-hybridized carbons (Fsp3) is 0.429. The number of carboxylic acid groups (broad SMARTS) is 1. The Morgan fingerprint density at radius 2 is 2.10 bits per heavy atom. The number of hydrogen-bond acceptors (Lipinski definition) is 2. The third-order valence-corrected chi connectivity index (χ3v) is 4.49. The lowest BCUT2D eigenvalue weighted by molar-refractivity contribution is -0.148. The number of amides is 2. The van der Waals surface area contributed by atoms with Crippen molar-refractivity contribution in [2.45, 2.75) is 32.2 Å². The molecule has 3 N–H and O–H groups in total. The van der Waals surface area contributed by atoms with Crippen LogP contribution in [0.3, 0.4) is 0 Å². The molecule has 21 heavy (non-hydrogen) atoms. The lowest BCUT2D eigenvalue weighted by atomic mass is 9.85. The number of aliphatic carboxylic acids is 1. The van der Waals surface area contributed by atoms with Crippen molar-refractivity contribution in [3.63, 3.8) is 0 Å². The second-order valence-corrected chi connectivity index (χ2v) is 6.23. The zero-order valence-corrected chi connectivity index (χ0v) is 13.0. The van der Waals surface area contributed by atoms with Crippen molar-refractivity contribution >= 4 is 40.9 Å². The normalized spacial score (nSPS) is 24.6. The van der Waals surface area contributed by atoms with Crippen LogP contribution in [0, 0.1) is 5.41 Å². The number of carboxylic acids is 1. The van der Waals surface area contributed by atoms with E-state index in [9.17, 15) is 14.7 Å². The van der Waals surface area contributed by atoms with E-state index in [-0.39, 0.29) is 0 Å². The van der Waals surface area contributed by atoms with Crippen LogP contribution in [-0.2, 0) is 4.79 Å². The molecule has 0 aromatic heterocycles. The Kier molecular flexibility index (Phi) is 4.64. The number of urea groups is 1. The van der Waals surface area contributed by atoms with Crippen LogP contribution in [0.4, 0.5) is 10.5 Å². The topological polar surface area (TPSA) is 78.4 Å². The zero-order valence-electron chi connectivity index (χ0n) is 11.5. The van der Waals surface area contributed by atoms with E-state index in [1.807, 2.05) is 0 Å². The third kappa shape index (κ3) is 3.41. The molecule has 0 spiro atoms. The van der Waals surface area contributed by atoms with Crippen LogP contribution in [0.1, 0.15) is 26.2 Å². The van der Waals surface area contributed by atoms with Crippen LogP contribution in [0.5, 0.6) is 0 Å². The predicted octanol–water partition coefficient (Wildman–Crippen LogP) is 3.76. The van der Waals surface area contributed by atoms with Gasteiger partial charge in [0.15, 0.2) is 0 Å². The average molecular weight is 331 g/mol. The molecule has 2 rings (SSSR count). The Hall–Kier alpha value is -1.46. The number of anilines is 1. The van der Waals surface area contributed by atoms with Gasteiger partial charge in [0, 0.05) is 11.1 Å². The molecular weight excluding hydrogens is 315 g/mol. The van der Waals surface area contributed by atoms with Gasteiger partial charge >= 0.3 is 12.0 Å². The van der Waals surface area contributed by atoms with Crippen molar-refractivity contribution in [2.75, 3.05) is 5.32 Å². The van der Waals surface area contributed by atoms with Gasteiger partial charge in [0.25, 0.3) is 0 Å². The summed E-state index contributed by atoms with van der Waals surface area (Å²) in [7, 11) is 0. The lowest BCUT2D eigenvalue weighted by Crippen LogP contribution is -2.48. The molecule has 2 atom stereocenters.